The molecule has 128 valence electrons. The van der Waals surface area contributed by atoms with Gasteiger partial charge in [-0.1, -0.05) is 40.5 Å². The largest absolute Gasteiger partial charge is 0.338 e. The molecule has 1 aliphatic heterocycles. The Balaban J connectivity index is 2.53. The SMILES string of the molecule is CC[C@H](C)[C@H](N)C(=O)N1CCN(C(=O)[C@@H](N)[C@@H](C)CC)CC1. The van der Waals surface area contributed by atoms with Crippen molar-refractivity contribution in [2.24, 2.45) is 23.3 Å². The Labute approximate surface area is 134 Å². The van der Waals surface area contributed by atoms with Gasteiger partial charge < -0.3 is 21.3 Å². The van der Waals surface area contributed by atoms with E-state index < -0.39 is 12.1 Å². The highest BCUT2D eigenvalue weighted by atomic mass is 16.2. The van der Waals surface area contributed by atoms with Gasteiger partial charge in [0.2, 0.25) is 11.8 Å². The van der Waals surface area contributed by atoms with Gasteiger partial charge in [-0.3, -0.25) is 9.59 Å². The minimum atomic E-state index is -0.449. The first-order valence-corrected chi connectivity index (χ1v) is 8.42. The summed E-state index contributed by atoms with van der Waals surface area (Å²) in [4.78, 5) is 28.2. The van der Waals surface area contributed by atoms with E-state index >= 15 is 0 Å². The van der Waals surface area contributed by atoms with Crippen LogP contribution in [0.4, 0.5) is 0 Å². The molecule has 0 aliphatic carbocycles. The molecule has 0 spiro atoms. The minimum absolute atomic E-state index is 0.00678. The average molecular weight is 312 g/mol. The van der Waals surface area contributed by atoms with Crippen LogP contribution < -0.4 is 11.5 Å². The van der Waals surface area contributed by atoms with Crippen LogP contribution in [0.15, 0.2) is 0 Å². The summed E-state index contributed by atoms with van der Waals surface area (Å²) >= 11 is 0. The van der Waals surface area contributed by atoms with Crippen molar-refractivity contribution in [3.05, 3.63) is 0 Å². The highest BCUT2D eigenvalue weighted by molar-refractivity contribution is 5.84. The van der Waals surface area contributed by atoms with Crippen molar-refractivity contribution >= 4 is 11.8 Å². The second-order valence-electron chi connectivity index (χ2n) is 6.47. The molecule has 1 saturated heterocycles. The molecule has 1 aliphatic rings. The molecule has 0 unspecified atom stereocenters. The maximum Gasteiger partial charge on any atom is 0.239 e. The molecule has 0 aromatic carbocycles. The summed E-state index contributed by atoms with van der Waals surface area (Å²) in [5.74, 6) is 0.331. The van der Waals surface area contributed by atoms with Crippen molar-refractivity contribution in [3.8, 4) is 0 Å². The predicted octanol–water partition coefficient (Wildman–Crippen LogP) is 0.404. The summed E-state index contributed by atoms with van der Waals surface area (Å²) in [7, 11) is 0. The molecule has 22 heavy (non-hydrogen) atoms. The highest BCUT2D eigenvalue weighted by Crippen LogP contribution is 2.13. The van der Waals surface area contributed by atoms with Crippen molar-refractivity contribution in [2.45, 2.75) is 52.6 Å². The van der Waals surface area contributed by atoms with Crippen molar-refractivity contribution in [2.75, 3.05) is 26.2 Å². The molecular weight excluding hydrogens is 280 g/mol. The molecule has 0 aromatic rings. The van der Waals surface area contributed by atoms with Gasteiger partial charge in [0, 0.05) is 26.2 Å². The maximum absolute atomic E-state index is 12.3. The lowest BCUT2D eigenvalue weighted by Gasteiger charge is -2.38. The Kier molecular flexibility index (Phi) is 7.29. The van der Waals surface area contributed by atoms with E-state index in [0.717, 1.165) is 12.8 Å². The van der Waals surface area contributed by atoms with Crippen LogP contribution in [0.5, 0.6) is 0 Å². The van der Waals surface area contributed by atoms with Crippen molar-refractivity contribution in [1.82, 2.24) is 9.80 Å². The smallest absolute Gasteiger partial charge is 0.239 e. The van der Waals surface area contributed by atoms with E-state index in [1.165, 1.54) is 0 Å². The fourth-order valence-corrected chi connectivity index (χ4v) is 2.56. The lowest BCUT2D eigenvalue weighted by Crippen LogP contribution is -2.58. The summed E-state index contributed by atoms with van der Waals surface area (Å²) in [6.07, 6.45) is 1.77. The summed E-state index contributed by atoms with van der Waals surface area (Å²) in [5, 5.41) is 0. The normalized spacial score (nSPS) is 21.2. The van der Waals surface area contributed by atoms with Gasteiger partial charge >= 0.3 is 0 Å². The van der Waals surface area contributed by atoms with Gasteiger partial charge in [-0.2, -0.15) is 0 Å². The van der Waals surface area contributed by atoms with Crippen LogP contribution in [0.3, 0.4) is 0 Å². The first-order chi connectivity index (χ1) is 10.3. The van der Waals surface area contributed by atoms with E-state index in [1.54, 1.807) is 9.80 Å². The van der Waals surface area contributed by atoms with Crippen LogP contribution in [0.1, 0.15) is 40.5 Å². The second-order valence-corrected chi connectivity index (χ2v) is 6.47. The quantitative estimate of drug-likeness (QED) is 0.742. The lowest BCUT2D eigenvalue weighted by atomic mass is 9.98. The third-order valence-corrected chi connectivity index (χ3v) is 4.99. The summed E-state index contributed by atoms with van der Waals surface area (Å²) in [6, 6.07) is -0.899. The van der Waals surface area contributed by atoms with Crippen LogP contribution in [0.25, 0.3) is 0 Å². The number of carbonyl (C=O) groups is 2. The summed E-state index contributed by atoms with van der Waals surface area (Å²) in [6.45, 7) is 10.2. The predicted molar refractivity (Wildman–Crippen MR) is 88.0 cm³/mol. The molecule has 2 amide bonds. The van der Waals surface area contributed by atoms with Crippen LogP contribution in [0.2, 0.25) is 0 Å². The van der Waals surface area contributed by atoms with E-state index in [9.17, 15) is 9.59 Å². The molecular formula is C16H32N4O2. The molecule has 6 nitrogen and oxygen atoms in total. The molecule has 6 heteroatoms. The van der Waals surface area contributed by atoms with E-state index in [4.69, 9.17) is 11.5 Å². The van der Waals surface area contributed by atoms with Gasteiger partial charge in [0.15, 0.2) is 0 Å². The van der Waals surface area contributed by atoms with E-state index in [2.05, 4.69) is 0 Å². The Morgan fingerprint density at radius 1 is 0.818 bits per heavy atom. The Bertz CT molecular complexity index is 344. The van der Waals surface area contributed by atoms with Crippen molar-refractivity contribution in [3.63, 3.8) is 0 Å². The zero-order valence-electron chi connectivity index (χ0n) is 14.4. The lowest BCUT2D eigenvalue weighted by molar-refractivity contribution is -0.142. The van der Waals surface area contributed by atoms with Crippen LogP contribution in [-0.4, -0.2) is 59.9 Å². The first kappa shape index (κ1) is 18.9. The third-order valence-electron chi connectivity index (χ3n) is 4.99. The highest BCUT2D eigenvalue weighted by Gasteiger charge is 2.31. The fourth-order valence-electron chi connectivity index (χ4n) is 2.56. The molecule has 4 atom stereocenters. The molecule has 1 heterocycles. The molecule has 1 fully saturated rings. The molecule has 4 N–H and O–H groups in total. The molecule has 0 bridgehead atoms. The standard InChI is InChI=1S/C16H32N4O2/c1-5-11(3)13(17)15(21)19-7-9-20(10-8-19)16(22)14(18)12(4)6-2/h11-14H,5-10,17-18H2,1-4H3/t11-,12-,13-,14-/m0/s1. The Morgan fingerprint density at radius 2 is 1.09 bits per heavy atom. The zero-order valence-corrected chi connectivity index (χ0v) is 14.4. The first-order valence-electron chi connectivity index (χ1n) is 8.42. The molecule has 0 aromatic heterocycles. The number of amides is 2. The number of rotatable bonds is 6. The zero-order chi connectivity index (χ0) is 16.9. The number of carbonyl (C=O) groups excluding carboxylic acids is 2. The van der Waals surface area contributed by atoms with Gasteiger partial charge in [0.1, 0.15) is 0 Å². The number of nitrogens with zero attached hydrogens (tertiary/aromatic N) is 2. The average Bonchev–Trinajstić information content (AvgIpc) is 2.57. The van der Waals surface area contributed by atoms with Crippen LogP contribution in [0, 0.1) is 11.8 Å². The summed E-state index contributed by atoms with van der Waals surface area (Å²) in [5.41, 5.74) is 12.0. The minimum Gasteiger partial charge on any atom is -0.338 e. The Morgan fingerprint density at radius 3 is 1.32 bits per heavy atom. The van der Waals surface area contributed by atoms with Crippen molar-refractivity contribution < 1.29 is 9.59 Å². The second kappa shape index (κ2) is 8.48. The van der Waals surface area contributed by atoms with E-state index in [0.29, 0.717) is 26.2 Å². The van der Waals surface area contributed by atoms with Crippen LogP contribution >= 0.6 is 0 Å². The van der Waals surface area contributed by atoms with Crippen molar-refractivity contribution in [1.29, 1.82) is 0 Å². The van der Waals surface area contributed by atoms with Gasteiger partial charge in [-0.15, -0.1) is 0 Å². The third kappa shape index (κ3) is 4.43. The fraction of sp³-hybridized carbons (Fsp3) is 0.875. The summed E-state index contributed by atoms with van der Waals surface area (Å²) < 4.78 is 0. The molecule has 0 saturated carbocycles. The van der Waals surface area contributed by atoms with Gasteiger partial charge in [0.05, 0.1) is 12.1 Å². The van der Waals surface area contributed by atoms with Gasteiger partial charge in [0.25, 0.3) is 0 Å². The van der Waals surface area contributed by atoms with Gasteiger partial charge in [-0.05, 0) is 11.8 Å². The van der Waals surface area contributed by atoms with Gasteiger partial charge in [-0.25, -0.2) is 0 Å². The number of hydrogen-bond acceptors (Lipinski definition) is 4. The molecule has 1 rings (SSSR count). The number of piperazine rings is 1. The topological polar surface area (TPSA) is 92.7 Å². The van der Waals surface area contributed by atoms with Crippen LogP contribution in [-0.2, 0) is 9.59 Å². The number of nitrogens with two attached hydrogens (primary N) is 2. The van der Waals surface area contributed by atoms with E-state index in [-0.39, 0.29) is 23.7 Å². The monoisotopic (exact) mass is 312 g/mol. The van der Waals surface area contributed by atoms with E-state index in [1.807, 2.05) is 27.7 Å². The molecule has 0 radical (unpaired) electrons. The number of hydrogen-bond donors (Lipinski definition) is 2. The maximum atomic E-state index is 12.3. The Hall–Kier alpha value is -1.14.